The molecule has 4 rings (SSSR count). The van der Waals surface area contributed by atoms with Crippen molar-refractivity contribution in [2.45, 2.75) is 63.8 Å². The maximum atomic E-state index is 12.9. The smallest absolute Gasteiger partial charge is 0.255 e. The monoisotopic (exact) mass is 370 g/mol. The zero-order chi connectivity index (χ0) is 19.0. The van der Waals surface area contributed by atoms with Crippen molar-refractivity contribution < 1.29 is 14.4 Å². The van der Waals surface area contributed by atoms with Crippen molar-refractivity contribution in [2.24, 2.45) is 0 Å². The molecule has 3 aliphatic rings. The molecule has 0 radical (unpaired) electrons. The summed E-state index contributed by atoms with van der Waals surface area (Å²) >= 11 is 0. The number of hydrogen-bond acceptors (Lipinski definition) is 5. The van der Waals surface area contributed by atoms with Gasteiger partial charge in [-0.25, -0.2) is 0 Å². The Morgan fingerprint density at radius 3 is 2.85 bits per heavy atom. The van der Waals surface area contributed by atoms with Crippen molar-refractivity contribution in [3.8, 4) is 0 Å². The lowest BCUT2D eigenvalue weighted by Crippen LogP contribution is -2.52. The molecule has 0 saturated carbocycles. The van der Waals surface area contributed by atoms with Crippen molar-refractivity contribution in [3.63, 3.8) is 0 Å². The second-order valence-electron chi connectivity index (χ2n) is 7.72. The Kier molecular flexibility index (Phi) is 4.97. The van der Waals surface area contributed by atoms with Gasteiger partial charge in [-0.05, 0) is 49.9 Å². The van der Waals surface area contributed by atoms with Crippen molar-refractivity contribution >= 4 is 17.7 Å². The number of hydrogen-bond donors (Lipinski definition) is 3. The first-order valence-electron chi connectivity index (χ1n) is 9.77. The number of nitrogens with zero attached hydrogens (tertiary/aromatic N) is 1. The molecule has 7 heteroatoms. The normalized spacial score (nSPS) is 26.3. The number of piperidine rings is 1. The second-order valence-corrected chi connectivity index (χ2v) is 7.72. The van der Waals surface area contributed by atoms with Gasteiger partial charge in [0.1, 0.15) is 6.04 Å². The molecule has 3 amide bonds. The van der Waals surface area contributed by atoms with Crippen LogP contribution in [0, 0.1) is 0 Å². The summed E-state index contributed by atoms with van der Waals surface area (Å²) < 4.78 is 0. The van der Waals surface area contributed by atoms with Crippen LogP contribution in [-0.2, 0) is 22.7 Å². The van der Waals surface area contributed by atoms with Gasteiger partial charge < -0.3 is 15.5 Å². The number of benzene rings is 1. The van der Waals surface area contributed by atoms with Crippen molar-refractivity contribution in [1.82, 2.24) is 20.9 Å². The molecule has 7 nitrogen and oxygen atoms in total. The lowest BCUT2D eigenvalue weighted by Gasteiger charge is -2.29. The van der Waals surface area contributed by atoms with E-state index in [1.165, 1.54) is 12.8 Å². The van der Waals surface area contributed by atoms with Gasteiger partial charge in [0.25, 0.3) is 5.91 Å². The second kappa shape index (κ2) is 7.40. The molecular formula is C20H26N4O3. The number of rotatable bonds is 5. The molecule has 0 bridgehead atoms. The average Bonchev–Trinajstić information content (AvgIpc) is 3.29. The lowest BCUT2D eigenvalue weighted by molar-refractivity contribution is -0.136. The molecule has 3 aliphatic heterocycles. The van der Waals surface area contributed by atoms with Gasteiger partial charge in [0.15, 0.2) is 0 Å². The first-order chi connectivity index (χ1) is 13.0. The van der Waals surface area contributed by atoms with Crippen molar-refractivity contribution in [1.29, 1.82) is 0 Å². The van der Waals surface area contributed by atoms with Gasteiger partial charge in [0, 0.05) is 37.2 Å². The molecule has 144 valence electrons. The van der Waals surface area contributed by atoms with Gasteiger partial charge >= 0.3 is 0 Å². The van der Waals surface area contributed by atoms with Crippen LogP contribution in [0.15, 0.2) is 18.2 Å². The van der Waals surface area contributed by atoms with E-state index in [2.05, 4.69) is 22.9 Å². The Morgan fingerprint density at radius 2 is 2.11 bits per heavy atom. The van der Waals surface area contributed by atoms with Crippen molar-refractivity contribution in [2.75, 3.05) is 6.54 Å². The number of amides is 3. The predicted molar refractivity (Wildman–Crippen MR) is 99.8 cm³/mol. The summed E-state index contributed by atoms with van der Waals surface area (Å²) in [7, 11) is 0. The molecule has 27 heavy (non-hydrogen) atoms. The maximum absolute atomic E-state index is 12.9. The quantitative estimate of drug-likeness (QED) is 0.663. The average molecular weight is 370 g/mol. The summed E-state index contributed by atoms with van der Waals surface area (Å²) in [6, 6.07) is 6.05. The van der Waals surface area contributed by atoms with Crippen LogP contribution >= 0.6 is 0 Å². The van der Waals surface area contributed by atoms with Crippen molar-refractivity contribution in [3.05, 3.63) is 34.9 Å². The first kappa shape index (κ1) is 18.1. The summed E-state index contributed by atoms with van der Waals surface area (Å²) in [6.45, 7) is 4.38. The minimum absolute atomic E-state index is 0.119. The number of nitrogens with one attached hydrogen (secondary N) is 3. The Hall–Kier alpha value is -2.25. The van der Waals surface area contributed by atoms with E-state index >= 15 is 0 Å². The highest BCUT2D eigenvalue weighted by atomic mass is 16.2. The summed E-state index contributed by atoms with van der Waals surface area (Å²) in [4.78, 5) is 38.0. The highest BCUT2D eigenvalue weighted by Crippen LogP contribution is 2.29. The van der Waals surface area contributed by atoms with E-state index in [4.69, 9.17) is 0 Å². The standard InChI is InChI=1S/C20H26N4O3/c1-12(16-6-3-9-21-16)22-10-13-4-2-5-14-15(13)11-24(20(14)27)17-7-8-18(25)23-19(17)26/h2,4-5,12,16-17,21-22H,3,6-11H2,1H3,(H,23,25,26)/t12?,16-,17?/m1/s1. The highest BCUT2D eigenvalue weighted by Gasteiger charge is 2.39. The Labute approximate surface area is 158 Å². The molecule has 0 aliphatic carbocycles. The number of imide groups is 1. The molecule has 1 aromatic rings. The minimum Gasteiger partial charge on any atom is -0.322 e. The lowest BCUT2D eigenvalue weighted by atomic mass is 10.0. The van der Waals surface area contributed by atoms with E-state index in [-0.39, 0.29) is 24.1 Å². The van der Waals surface area contributed by atoms with E-state index in [0.717, 1.165) is 17.7 Å². The molecule has 2 fully saturated rings. The zero-order valence-electron chi connectivity index (χ0n) is 15.6. The van der Waals surface area contributed by atoms with Crippen LogP contribution in [0.25, 0.3) is 0 Å². The third kappa shape index (κ3) is 3.49. The molecule has 3 heterocycles. The number of fused-ring (bicyclic) bond motifs is 1. The summed E-state index contributed by atoms with van der Waals surface area (Å²) in [5.41, 5.74) is 2.76. The molecule has 2 saturated heterocycles. The third-order valence-electron chi connectivity index (χ3n) is 6.00. The van der Waals surface area contributed by atoms with Crippen LogP contribution in [-0.4, -0.2) is 47.3 Å². The number of carbonyl (C=O) groups excluding carboxylic acids is 3. The van der Waals surface area contributed by atoms with Crippen LogP contribution < -0.4 is 16.0 Å². The molecule has 3 N–H and O–H groups in total. The SMILES string of the molecule is CC(NCc1cccc2c1CN(C1CCC(=O)NC1=O)C2=O)[C@H]1CCCN1. The largest absolute Gasteiger partial charge is 0.322 e. The fourth-order valence-electron chi connectivity index (χ4n) is 4.37. The van der Waals surface area contributed by atoms with Crippen LogP contribution in [0.1, 0.15) is 54.1 Å². The molecular weight excluding hydrogens is 344 g/mol. The Balaban J connectivity index is 1.47. The predicted octanol–water partition coefficient (Wildman–Crippen LogP) is 0.678. The van der Waals surface area contributed by atoms with E-state index in [9.17, 15) is 14.4 Å². The fourth-order valence-corrected chi connectivity index (χ4v) is 4.37. The van der Waals surface area contributed by atoms with E-state index in [1.807, 2.05) is 18.2 Å². The molecule has 1 aromatic carbocycles. The summed E-state index contributed by atoms with van der Waals surface area (Å²) in [5, 5.41) is 9.44. The van der Waals surface area contributed by atoms with Crippen LogP contribution in [0.5, 0.6) is 0 Å². The molecule has 3 atom stereocenters. The van der Waals surface area contributed by atoms with Gasteiger partial charge in [-0.3, -0.25) is 19.7 Å². The van der Waals surface area contributed by atoms with E-state index < -0.39 is 6.04 Å². The minimum atomic E-state index is -0.565. The zero-order valence-corrected chi connectivity index (χ0v) is 15.6. The van der Waals surface area contributed by atoms with Crippen LogP contribution in [0.4, 0.5) is 0 Å². The van der Waals surface area contributed by atoms with Crippen LogP contribution in [0.2, 0.25) is 0 Å². The van der Waals surface area contributed by atoms with Gasteiger partial charge in [-0.2, -0.15) is 0 Å². The molecule has 2 unspecified atom stereocenters. The summed E-state index contributed by atoms with van der Waals surface area (Å²) in [6.07, 6.45) is 3.06. The highest BCUT2D eigenvalue weighted by molar-refractivity contribution is 6.05. The number of carbonyl (C=O) groups is 3. The van der Waals surface area contributed by atoms with Gasteiger partial charge in [-0.15, -0.1) is 0 Å². The van der Waals surface area contributed by atoms with E-state index in [1.54, 1.807) is 4.90 Å². The molecule has 0 aromatic heterocycles. The Bertz CT molecular complexity index is 772. The molecule has 0 spiro atoms. The topological polar surface area (TPSA) is 90.5 Å². The third-order valence-corrected chi connectivity index (χ3v) is 6.00. The van der Waals surface area contributed by atoms with Gasteiger partial charge in [-0.1, -0.05) is 12.1 Å². The van der Waals surface area contributed by atoms with Gasteiger partial charge in [0.05, 0.1) is 0 Å². The maximum Gasteiger partial charge on any atom is 0.255 e. The van der Waals surface area contributed by atoms with E-state index in [0.29, 0.717) is 37.2 Å². The Morgan fingerprint density at radius 1 is 1.26 bits per heavy atom. The van der Waals surface area contributed by atoms with Gasteiger partial charge in [0.2, 0.25) is 11.8 Å². The fraction of sp³-hybridized carbons (Fsp3) is 0.550. The first-order valence-corrected chi connectivity index (χ1v) is 9.77. The summed E-state index contributed by atoms with van der Waals surface area (Å²) in [5.74, 6) is -0.750. The van der Waals surface area contributed by atoms with Crippen LogP contribution in [0.3, 0.4) is 0 Å².